The van der Waals surface area contributed by atoms with Crippen LogP contribution >= 0.6 is 11.6 Å². The van der Waals surface area contributed by atoms with Gasteiger partial charge in [-0.05, 0) is 31.2 Å². The summed E-state index contributed by atoms with van der Waals surface area (Å²) in [7, 11) is 0. The van der Waals surface area contributed by atoms with Crippen LogP contribution in [0.1, 0.15) is 29.0 Å². The maximum Gasteiger partial charge on any atom is 0.250 e. The Morgan fingerprint density at radius 3 is 2.89 bits per heavy atom. The molecule has 0 aliphatic carbocycles. The minimum absolute atomic E-state index is 0.0365. The first kappa shape index (κ1) is 12.4. The number of nitrogens with one attached hydrogen (secondary N) is 2. The molecule has 0 saturated carbocycles. The summed E-state index contributed by atoms with van der Waals surface area (Å²) in [6, 6.07) is 6.99. The highest BCUT2D eigenvalue weighted by atomic mass is 35.5. The van der Waals surface area contributed by atoms with Gasteiger partial charge in [-0.3, -0.25) is 9.89 Å². The van der Waals surface area contributed by atoms with E-state index in [2.05, 4.69) is 15.5 Å². The Morgan fingerprint density at radius 2 is 2.28 bits per heavy atom. The largest absolute Gasteiger partial charge is 0.377 e. The molecule has 0 aliphatic rings. The SMILES string of the molecule is CC(Nc1ccc(Cl)c(C(N)=O)c1)c1ccn[nH]1. The maximum absolute atomic E-state index is 11.2. The van der Waals surface area contributed by atoms with Crippen molar-refractivity contribution in [2.24, 2.45) is 5.73 Å². The van der Waals surface area contributed by atoms with Crippen molar-refractivity contribution in [3.8, 4) is 0 Å². The molecule has 18 heavy (non-hydrogen) atoms. The van der Waals surface area contributed by atoms with Gasteiger partial charge in [0, 0.05) is 11.9 Å². The molecule has 6 heteroatoms. The quantitative estimate of drug-likeness (QED) is 0.792. The van der Waals surface area contributed by atoms with Gasteiger partial charge in [0.15, 0.2) is 0 Å². The van der Waals surface area contributed by atoms with Gasteiger partial charge in [-0.2, -0.15) is 5.10 Å². The number of amides is 1. The van der Waals surface area contributed by atoms with Crippen LogP contribution in [0.4, 0.5) is 5.69 Å². The zero-order valence-corrected chi connectivity index (χ0v) is 10.5. The summed E-state index contributed by atoms with van der Waals surface area (Å²) in [5, 5.41) is 10.3. The van der Waals surface area contributed by atoms with E-state index in [1.165, 1.54) is 0 Å². The second kappa shape index (κ2) is 5.10. The molecule has 1 heterocycles. The molecule has 0 fully saturated rings. The highest BCUT2D eigenvalue weighted by molar-refractivity contribution is 6.33. The van der Waals surface area contributed by atoms with Crippen LogP contribution in [0.2, 0.25) is 5.02 Å². The number of primary amides is 1. The van der Waals surface area contributed by atoms with Crippen molar-refractivity contribution in [1.29, 1.82) is 0 Å². The van der Waals surface area contributed by atoms with E-state index in [0.29, 0.717) is 10.6 Å². The normalized spacial score (nSPS) is 12.1. The summed E-state index contributed by atoms with van der Waals surface area (Å²) in [5.41, 5.74) is 7.27. The third kappa shape index (κ3) is 2.62. The number of nitrogens with zero attached hydrogens (tertiary/aromatic N) is 1. The van der Waals surface area contributed by atoms with Crippen LogP contribution in [-0.4, -0.2) is 16.1 Å². The molecule has 0 bridgehead atoms. The van der Waals surface area contributed by atoms with Crippen LogP contribution in [0.25, 0.3) is 0 Å². The fourth-order valence-electron chi connectivity index (χ4n) is 1.64. The molecular formula is C12H13ClN4O. The van der Waals surface area contributed by atoms with Crippen molar-refractivity contribution in [3.63, 3.8) is 0 Å². The van der Waals surface area contributed by atoms with Gasteiger partial charge in [-0.1, -0.05) is 11.6 Å². The number of aromatic amines is 1. The van der Waals surface area contributed by atoms with Gasteiger partial charge in [0.25, 0.3) is 0 Å². The van der Waals surface area contributed by atoms with Crippen LogP contribution < -0.4 is 11.1 Å². The molecule has 1 aromatic carbocycles. The van der Waals surface area contributed by atoms with Gasteiger partial charge in [-0.25, -0.2) is 0 Å². The monoisotopic (exact) mass is 264 g/mol. The smallest absolute Gasteiger partial charge is 0.250 e. The predicted octanol–water partition coefficient (Wildman–Crippen LogP) is 2.34. The molecule has 0 saturated heterocycles. The molecule has 1 aromatic heterocycles. The van der Waals surface area contributed by atoms with Crippen LogP contribution in [0.15, 0.2) is 30.5 Å². The number of nitrogens with two attached hydrogens (primary N) is 1. The van der Waals surface area contributed by atoms with Gasteiger partial charge < -0.3 is 11.1 Å². The van der Waals surface area contributed by atoms with Crippen molar-refractivity contribution in [3.05, 3.63) is 46.7 Å². The van der Waals surface area contributed by atoms with Crippen LogP contribution in [0.3, 0.4) is 0 Å². The van der Waals surface area contributed by atoms with E-state index in [1.54, 1.807) is 24.4 Å². The van der Waals surface area contributed by atoms with Gasteiger partial charge >= 0.3 is 0 Å². The van der Waals surface area contributed by atoms with E-state index in [9.17, 15) is 4.79 Å². The molecule has 2 aromatic rings. The van der Waals surface area contributed by atoms with Gasteiger partial charge in [0.05, 0.1) is 22.3 Å². The first-order valence-corrected chi connectivity index (χ1v) is 5.81. The number of aromatic nitrogens is 2. The number of halogens is 1. The lowest BCUT2D eigenvalue weighted by Gasteiger charge is -2.14. The molecule has 4 N–H and O–H groups in total. The summed E-state index contributed by atoms with van der Waals surface area (Å²) < 4.78 is 0. The van der Waals surface area contributed by atoms with Crippen molar-refractivity contribution >= 4 is 23.2 Å². The van der Waals surface area contributed by atoms with E-state index in [-0.39, 0.29) is 6.04 Å². The molecule has 94 valence electrons. The Hall–Kier alpha value is -2.01. The number of hydrogen-bond acceptors (Lipinski definition) is 3. The number of carbonyl (C=O) groups excluding carboxylic acids is 1. The number of benzene rings is 1. The predicted molar refractivity (Wildman–Crippen MR) is 70.6 cm³/mol. The maximum atomic E-state index is 11.2. The molecule has 0 aliphatic heterocycles. The van der Waals surface area contributed by atoms with Gasteiger partial charge in [0.2, 0.25) is 5.91 Å². The number of carbonyl (C=O) groups is 1. The second-order valence-corrected chi connectivity index (χ2v) is 4.34. The standard InChI is InChI=1S/C12H13ClN4O/c1-7(11-4-5-15-17-11)16-8-2-3-10(13)9(6-8)12(14)18/h2-7,16H,1H3,(H2,14,18)(H,15,17). The van der Waals surface area contributed by atoms with Crippen molar-refractivity contribution < 1.29 is 4.79 Å². The highest BCUT2D eigenvalue weighted by Crippen LogP contribution is 2.23. The van der Waals surface area contributed by atoms with Gasteiger partial charge in [-0.15, -0.1) is 0 Å². The van der Waals surface area contributed by atoms with Crippen LogP contribution in [-0.2, 0) is 0 Å². The number of rotatable bonds is 4. The molecular weight excluding hydrogens is 252 g/mol. The van der Waals surface area contributed by atoms with E-state index >= 15 is 0 Å². The number of anilines is 1. The lowest BCUT2D eigenvalue weighted by Crippen LogP contribution is -2.13. The third-order valence-corrected chi connectivity index (χ3v) is 2.93. The highest BCUT2D eigenvalue weighted by Gasteiger charge is 2.10. The molecule has 5 nitrogen and oxygen atoms in total. The second-order valence-electron chi connectivity index (χ2n) is 3.94. The number of H-pyrrole nitrogens is 1. The van der Waals surface area contributed by atoms with E-state index in [4.69, 9.17) is 17.3 Å². The summed E-state index contributed by atoms with van der Waals surface area (Å²) in [6.07, 6.45) is 1.68. The lowest BCUT2D eigenvalue weighted by atomic mass is 10.1. The zero-order valence-electron chi connectivity index (χ0n) is 9.77. The topological polar surface area (TPSA) is 83.8 Å². The summed E-state index contributed by atoms with van der Waals surface area (Å²) >= 11 is 5.88. The summed E-state index contributed by atoms with van der Waals surface area (Å²) in [5.74, 6) is -0.544. The Kier molecular flexibility index (Phi) is 3.53. The molecule has 0 spiro atoms. The first-order valence-electron chi connectivity index (χ1n) is 5.43. The minimum Gasteiger partial charge on any atom is -0.377 e. The van der Waals surface area contributed by atoms with E-state index in [0.717, 1.165) is 11.4 Å². The zero-order chi connectivity index (χ0) is 13.1. The first-order chi connectivity index (χ1) is 8.58. The average Bonchev–Trinajstić information content (AvgIpc) is 2.85. The molecule has 1 amide bonds. The van der Waals surface area contributed by atoms with Crippen LogP contribution in [0, 0.1) is 0 Å². The van der Waals surface area contributed by atoms with Crippen molar-refractivity contribution in [2.75, 3.05) is 5.32 Å². The Bertz CT molecular complexity index is 553. The van der Waals surface area contributed by atoms with Crippen molar-refractivity contribution in [1.82, 2.24) is 10.2 Å². The molecule has 0 radical (unpaired) electrons. The summed E-state index contributed by atoms with van der Waals surface area (Å²) in [6.45, 7) is 1.98. The fourth-order valence-corrected chi connectivity index (χ4v) is 1.85. The van der Waals surface area contributed by atoms with E-state index in [1.807, 2.05) is 13.0 Å². The minimum atomic E-state index is -0.544. The average molecular weight is 265 g/mol. The van der Waals surface area contributed by atoms with Crippen molar-refractivity contribution in [2.45, 2.75) is 13.0 Å². The molecule has 1 unspecified atom stereocenters. The van der Waals surface area contributed by atoms with Crippen LogP contribution in [0.5, 0.6) is 0 Å². The fraction of sp³-hybridized carbons (Fsp3) is 0.167. The van der Waals surface area contributed by atoms with E-state index < -0.39 is 5.91 Å². The molecule has 2 rings (SSSR count). The Balaban J connectivity index is 2.20. The number of hydrogen-bond donors (Lipinski definition) is 3. The lowest BCUT2D eigenvalue weighted by molar-refractivity contribution is 0.100. The molecule has 1 atom stereocenters. The third-order valence-electron chi connectivity index (χ3n) is 2.60. The van der Waals surface area contributed by atoms with Gasteiger partial charge in [0.1, 0.15) is 0 Å². The Morgan fingerprint density at radius 1 is 1.50 bits per heavy atom. The summed E-state index contributed by atoms with van der Waals surface area (Å²) in [4.78, 5) is 11.2. The Labute approximate surface area is 109 Å².